The van der Waals surface area contributed by atoms with E-state index < -0.39 is 28.5 Å². The fourth-order valence-corrected chi connectivity index (χ4v) is 6.36. The number of aryl methyl sites for hydroxylation is 1. The number of carbonyl (C=O) groups is 2. The molecule has 0 unspecified atom stereocenters. The molecule has 0 saturated carbocycles. The molecule has 220 valence electrons. The smallest absolute Gasteiger partial charge is 0.264 e. The van der Waals surface area contributed by atoms with E-state index in [9.17, 15) is 18.0 Å². The minimum absolute atomic E-state index is 0.0215. The molecule has 0 bridgehead atoms. The van der Waals surface area contributed by atoms with E-state index in [1.54, 1.807) is 56.3 Å². The summed E-state index contributed by atoms with van der Waals surface area (Å²) >= 11 is 18.6. The molecule has 0 aliphatic heterocycles. The molecule has 0 saturated heterocycles. The van der Waals surface area contributed by atoms with Gasteiger partial charge in [-0.05, 0) is 80.3 Å². The van der Waals surface area contributed by atoms with Crippen LogP contribution in [0.3, 0.4) is 0 Å². The van der Waals surface area contributed by atoms with Gasteiger partial charge >= 0.3 is 0 Å². The molecule has 3 rings (SSSR count). The van der Waals surface area contributed by atoms with E-state index >= 15 is 0 Å². The first kappa shape index (κ1) is 32.7. The number of hydrogen-bond acceptors (Lipinski definition) is 4. The zero-order valence-corrected chi connectivity index (χ0v) is 26.5. The number of anilines is 1. The van der Waals surface area contributed by atoms with Gasteiger partial charge in [0.15, 0.2) is 0 Å². The SMILES string of the molecule is CC[C@@H](C)NC(=O)[C@H](CC)N(Cc1ccc(Cl)cc1Cl)C(=O)CN(c1ccccc1C)S(=O)(=O)c1ccc(Cl)cc1. The Morgan fingerprint density at radius 2 is 1.54 bits per heavy atom. The summed E-state index contributed by atoms with van der Waals surface area (Å²) in [5.41, 5.74) is 1.58. The molecule has 2 atom stereocenters. The maximum absolute atomic E-state index is 14.2. The molecular formula is C30H34Cl3N3O4S. The maximum Gasteiger partial charge on any atom is 0.264 e. The second-order valence-corrected chi connectivity index (χ2v) is 12.9. The Kier molecular flexibility index (Phi) is 11.5. The van der Waals surface area contributed by atoms with E-state index in [0.717, 1.165) is 4.31 Å². The molecule has 3 aromatic rings. The van der Waals surface area contributed by atoms with Crippen LogP contribution in [0.5, 0.6) is 0 Å². The summed E-state index contributed by atoms with van der Waals surface area (Å²) < 4.78 is 29.0. The van der Waals surface area contributed by atoms with Crippen molar-refractivity contribution in [3.8, 4) is 0 Å². The number of nitrogens with one attached hydrogen (secondary N) is 1. The number of hydrogen-bond donors (Lipinski definition) is 1. The van der Waals surface area contributed by atoms with Crippen LogP contribution in [-0.2, 0) is 26.2 Å². The number of nitrogens with zero attached hydrogens (tertiary/aromatic N) is 2. The molecule has 2 amide bonds. The zero-order valence-electron chi connectivity index (χ0n) is 23.4. The van der Waals surface area contributed by atoms with Gasteiger partial charge in [-0.25, -0.2) is 8.42 Å². The molecule has 0 aliphatic carbocycles. The van der Waals surface area contributed by atoms with Crippen LogP contribution in [0.2, 0.25) is 15.1 Å². The van der Waals surface area contributed by atoms with Crippen molar-refractivity contribution in [2.75, 3.05) is 10.8 Å². The van der Waals surface area contributed by atoms with E-state index in [4.69, 9.17) is 34.8 Å². The van der Waals surface area contributed by atoms with Gasteiger partial charge < -0.3 is 10.2 Å². The minimum Gasteiger partial charge on any atom is -0.352 e. The Morgan fingerprint density at radius 3 is 2.12 bits per heavy atom. The molecule has 1 N–H and O–H groups in total. The number of carbonyl (C=O) groups excluding carboxylic acids is 2. The highest BCUT2D eigenvalue weighted by molar-refractivity contribution is 7.92. The summed E-state index contributed by atoms with van der Waals surface area (Å²) in [6.07, 6.45) is 1.01. The highest BCUT2D eigenvalue weighted by atomic mass is 35.5. The molecule has 7 nitrogen and oxygen atoms in total. The van der Waals surface area contributed by atoms with Crippen molar-refractivity contribution in [1.29, 1.82) is 0 Å². The Hall–Kier alpha value is -2.78. The highest BCUT2D eigenvalue weighted by Gasteiger charge is 2.34. The molecule has 3 aromatic carbocycles. The molecule has 41 heavy (non-hydrogen) atoms. The van der Waals surface area contributed by atoms with E-state index in [-0.39, 0.29) is 23.4 Å². The van der Waals surface area contributed by atoms with Gasteiger partial charge in [0, 0.05) is 27.7 Å². The van der Waals surface area contributed by atoms with Gasteiger partial charge in [-0.2, -0.15) is 0 Å². The molecule has 0 aromatic heterocycles. The summed E-state index contributed by atoms with van der Waals surface area (Å²) in [7, 11) is -4.20. The van der Waals surface area contributed by atoms with Crippen molar-refractivity contribution in [2.45, 2.75) is 64.1 Å². The third-order valence-corrected chi connectivity index (χ3v) is 9.42. The summed E-state index contributed by atoms with van der Waals surface area (Å²) in [6.45, 7) is 6.82. The van der Waals surface area contributed by atoms with E-state index in [0.29, 0.717) is 44.7 Å². The number of rotatable bonds is 12. The molecular weight excluding hydrogens is 605 g/mol. The van der Waals surface area contributed by atoms with Crippen molar-refractivity contribution in [3.05, 3.63) is 92.9 Å². The number of benzene rings is 3. The van der Waals surface area contributed by atoms with Crippen LogP contribution in [0.1, 0.15) is 44.7 Å². The molecule has 0 aliphatic rings. The lowest BCUT2D eigenvalue weighted by molar-refractivity contribution is -0.140. The first-order chi connectivity index (χ1) is 19.4. The van der Waals surface area contributed by atoms with E-state index in [1.165, 1.54) is 29.2 Å². The van der Waals surface area contributed by atoms with Gasteiger partial charge in [0.1, 0.15) is 12.6 Å². The van der Waals surface area contributed by atoms with Gasteiger partial charge in [-0.1, -0.05) is 72.9 Å². The fraction of sp³-hybridized carbons (Fsp3) is 0.333. The van der Waals surface area contributed by atoms with Crippen molar-refractivity contribution >= 4 is 62.3 Å². The van der Waals surface area contributed by atoms with Crippen LogP contribution in [0, 0.1) is 6.92 Å². The molecule has 0 fully saturated rings. The predicted molar refractivity (Wildman–Crippen MR) is 166 cm³/mol. The Labute approximate surface area is 257 Å². The summed E-state index contributed by atoms with van der Waals surface area (Å²) in [4.78, 5) is 28.9. The monoisotopic (exact) mass is 637 g/mol. The lowest BCUT2D eigenvalue weighted by Gasteiger charge is -2.34. The Bertz CT molecular complexity index is 1480. The van der Waals surface area contributed by atoms with Gasteiger partial charge in [0.2, 0.25) is 11.8 Å². The Morgan fingerprint density at radius 1 is 0.902 bits per heavy atom. The van der Waals surface area contributed by atoms with E-state index in [2.05, 4.69) is 5.32 Å². The summed E-state index contributed by atoms with van der Waals surface area (Å²) in [5.74, 6) is -0.897. The number of para-hydroxylation sites is 1. The first-order valence-electron chi connectivity index (χ1n) is 13.3. The summed E-state index contributed by atoms with van der Waals surface area (Å²) in [6, 6.07) is 16.6. The topological polar surface area (TPSA) is 86.8 Å². The molecule has 0 radical (unpaired) electrons. The second kappa shape index (κ2) is 14.4. The van der Waals surface area contributed by atoms with Crippen LogP contribution in [0.4, 0.5) is 5.69 Å². The molecule has 0 heterocycles. The third-order valence-electron chi connectivity index (χ3n) is 6.81. The van der Waals surface area contributed by atoms with Gasteiger partial charge in [0.25, 0.3) is 10.0 Å². The second-order valence-electron chi connectivity index (χ2n) is 9.75. The van der Waals surface area contributed by atoms with Gasteiger partial charge in [-0.3, -0.25) is 13.9 Å². The number of halogens is 3. The maximum atomic E-state index is 14.2. The van der Waals surface area contributed by atoms with Crippen LogP contribution in [0.25, 0.3) is 0 Å². The van der Waals surface area contributed by atoms with Crippen LogP contribution < -0.4 is 9.62 Å². The van der Waals surface area contributed by atoms with Crippen molar-refractivity contribution in [1.82, 2.24) is 10.2 Å². The quantitative estimate of drug-likeness (QED) is 0.235. The lowest BCUT2D eigenvalue weighted by Crippen LogP contribution is -2.53. The first-order valence-corrected chi connectivity index (χ1v) is 15.8. The van der Waals surface area contributed by atoms with Gasteiger partial charge in [-0.15, -0.1) is 0 Å². The normalized spacial score (nSPS) is 12.9. The zero-order chi connectivity index (χ0) is 30.3. The van der Waals surface area contributed by atoms with Crippen molar-refractivity contribution in [2.24, 2.45) is 0 Å². The van der Waals surface area contributed by atoms with Gasteiger partial charge in [0.05, 0.1) is 10.6 Å². The lowest BCUT2D eigenvalue weighted by atomic mass is 10.1. The van der Waals surface area contributed by atoms with E-state index in [1.807, 2.05) is 13.8 Å². The molecule has 11 heteroatoms. The van der Waals surface area contributed by atoms with Crippen molar-refractivity contribution < 1.29 is 18.0 Å². The van der Waals surface area contributed by atoms with Crippen LogP contribution >= 0.6 is 34.8 Å². The largest absolute Gasteiger partial charge is 0.352 e. The third kappa shape index (κ3) is 8.16. The number of sulfonamides is 1. The fourth-order valence-electron chi connectivity index (χ4n) is 4.28. The highest BCUT2D eigenvalue weighted by Crippen LogP contribution is 2.29. The summed E-state index contributed by atoms with van der Waals surface area (Å²) in [5, 5.41) is 4.09. The van der Waals surface area contributed by atoms with Crippen LogP contribution in [0.15, 0.2) is 71.6 Å². The van der Waals surface area contributed by atoms with Crippen molar-refractivity contribution in [3.63, 3.8) is 0 Å². The average molecular weight is 639 g/mol. The number of amides is 2. The average Bonchev–Trinajstić information content (AvgIpc) is 2.93. The standard InChI is InChI=1S/C30H34Cl3N3O4S/c1-5-21(4)34-30(38)27(6-2)35(18-22-11-12-24(32)17-26(22)33)29(37)19-36(28-10-8-7-9-20(28)3)41(39,40)25-15-13-23(31)14-16-25/h7-17,21,27H,5-6,18-19H2,1-4H3,(H,34,38)/t21-,27+/m1/s1. The minimum atomic E-state index is -4.20. The van der Waals surface area contributed by atoms with Crippen LogP contribution in [-0.4, -0.2) is 43.8 Å². The predicted octanol–water partition coefficient (Wildman–Crippen LogP) is 6.87. The Balaban J connectivity index is 2.09. The molecule has 0 spiro atoms.